The first-order valence-electron chi connectivity index (χ1n) is 8.47. The molecule has 0 saturated carbocycles. The van der Waals surface area contributed by atoms with Gasteiger partial charge in [0.15, 0.2) is 9.84 Å². The average Bonchev–Trinajstić information content (AvgIpc) is 2.60. The number of rotatable bonds is 4. The van der Waals surface area contributed by atoms with E-state index >= 15 is 0 Å². The van der Waals surface area contributed by atoms with Crippen molar-refractivity contribution in [3.8, 4) is 0 Å². The minimum absolute atomic E-state index is 0.406. The molecule has 0 bridgehead atoms. The molecule has 0 N–H and O–H groups in total. The number of fused-ring (bicyclic) bond motifs is 1. The molecule has 0 aromatic heterocycles. The second-order valence-electron chi connectivity index (χ2n) is 6.81. The molecule has 1 aliphatic rings. The summed E-state index contributed by atoms with van der Waals surface area (Å²) in [6.45, 7) is 1.97. The monoisotopic (exact) mass is 348 g/mol. The average molecular weight is 348 g/mol. The zero-order valence-corrected chi connectivity index (χ0v) is 15.0. The molecule has 3 aromatic rings. The van der Waals surface area contributed by atoms with E-state index in [4.69, 9.17) is 0 Å². The Morgan fingerprint density at radius 2 is 1.48 bits per heavy atom. The molecule has 3 heteroatoms. The summed E-state index contributed by atoms with van der Waals surface area (Å²) in [5.74, 6) is 0. The van der Waals surface area contributed by atoms with E-state index in [0.29, 0.717) is 17.7 Å². The summed E-state index contributed by atoms with van der Waals surface area (Å²) < 4.78 is 26.4. The molecule has 0 saturated heterocycles. The molecular formula is C22H20O2S. The van der Waals surface area contributed by atoms with Crippen LogP contribution in [0, 0.1) is 6.92 Å². The molecule has 1 aliphatic carbocycles. The van der Waals surface area contributed by atoms with Crippen LogP contribution in [0.4, 0.5) is 0 Å². The normalized spacial score (nSPS) is 19.1. The van der Waals surface area contributed by atoms with Crippen LogP contribution in [0.2, 0.25) is 0 Å². The van der Waals surface area contributed by atoms with Crippen LogP contribution >= 0.6 is 0 Å². The Morgan fingerprint density at radius 3 is 2.16 bits per heavy atom. The summed E-state index contributed by atoms with van der Waals surface area (Å²) in [4.78, 5) is 0.406. The zero-order valence-electron chi connectivity index (χ0n) is 14.1. The molecule has 25 heavy (non-hydrogen) atoms. The van der Waals surface area contributed by atoms with Crippen LogP contribution in [0.1, 0.15) is 22.3 Å². The highest BCUT2D eigenvalue weighted by Crippen LogP contribution is 2.50. The lowest BCUT2D eigenvalue weighted by molar-refractivity contribution is 0.472. The highest BCUT2D eigenvalue weighted by atomic mass is 32.2. The van der Waals surface area contributed by atoms with Crippen molar-refractivity contribution in [3.63, 3.8) is 0 Å². The van der Waals surface area contributed by atoms with Gasteiger partial charge in [0.2, 0.25) is 0 Å². The van der Waals surface area contributed by atoms with E-state index in [1.165, 1.54) is 0 Å². The molecule has 3 aromatic carbocycles. The number of hydrogen-bond acceptors (Lipinski definition) is 2. The quantitative estimate of drug-likeness (QED) is 0.697. The smallest absolute Gasteiger partial charge is 0.188 e. The summed E-state index contributed by atoms with van der Waals surface area (Å²) in [6, 6.07) is 25.0. The van der Waals surface area contributed by atoms with Crippen molar-refractivity contribution >= 4 is 9.84 Å². The fourth-order valence-electron chi connectivity index (χ4n) is 3.78. The maximum atomic E-state index is 13.6. The van der Waals surface area contributed by atoms with Crippen LogP contribution in [0.25, 0.3) is 0 Å². The van der Waals surface area contributed by atoms with Crippen molar-refractivity contribution in [2.24, 2.45) is 0 Å². The van der Waals surface area contributed by atoms with Crippen molar-refractivity contribution in [3.05, 3.63) is 101 Å². The van der Waals surface area contributed by atoms with Crippen molar-refractivity contribution in [1.82, 2.24) is 0 Å². The number of aryl methyl sites for hydroxylation is 1. The van der Waals surface area contributed by atoms with E-state index in [1.807, 2.05) is 73.7 Å². The molecule has 1 unspecified atom stereocenters. The molecule has 0 spiro atoms. The zero-order chi connectivity index (χ0) is 17.5. The predicted octanol–water partition coefficient (Wildman–Crippen LogP) is 4.46. The molecule has 0 radical (unpaired) electrons. The van der Waals surface area contributed by atoms with Crippen molar-refractivity contribution in [2.75, 3.05) is 0 Å². The van der Waals surface area contributed by atoms with Gasteiger partial charge in [0.1, 0.15) is 4.75 Å². The Labute approximate surface area is 149 Å². The van der Waals surface area contributed by atoms with Gasteiger partial charge in [-0.1, -0.05) is 72.3 Å². The maximum Gasteiger partial charge on any atom is 0.188 e. The van der Waals surface area contributed by atoms with Crippen LogP contribution in [0.3, 0.4) is 0 Å². The Hall–Kier alpha value is -2.39. The molecule has 2 nitrogen and oxygen atoms in total. The molecule has 0 aliphatic heterocycles. The van der Waals surface area contributed by atoms with Crippen LogP contribution in [0.15, 0.2) is 83.8 Å². The fourth-order valence-corrected chi connectivity index (χ4v) is 5.91. The van der Waals surface area contributed by atoms with E-state index in [-0.39, 0.29) is 0 Å². The number of benzene rings is 3. The van der Waals surface area contributed by atoms with Crippen molar-refractivity contribution in [1.29, 1.82) is 0 Å². The first-order valence-corrected chi connectivity index (χ1v) is 9.95. The van der Waals surface area contributed by atoms with E-state index in [1.54, 1.807) is 12.1 Å². The summed E-state index contributed by atoms with van der Waals surface area (Å²) >= 11 is 0. The third-order valence-electron chi connectivity index (χ3n) is 5.16. The van der Waals surface area contributed by atoms with Crippen LogP contribution in [0.5, 0.6) is 0 Å². The highest BCUT2D eigenvalue weighted by molar-refractivity contribution is 7.92. The second kappa shape index (κ2) is 5.85. The molecule has 1 atom stereocenters. The van der Waals surface area contributed by atoms with Gasteiger partial charge in [-0.25, -0.2) is 8.42 Å². The van der Waals surface area contributed by atoms with Crippen LogP contribution in [-0.2, 0) is 27.4 Å². The molecule has 0 amide bonds. The Kier molecular flexibility index (Phi) is 3.77. The van der Waals surface area contributed by atoms with Crippen molar-refractivity contribution in [2.45, 2.75) is 29.4 Å². The van der Waals surface area contributed by atoms with E-state index in [2.05, 4.69) is 0 Å². The third kappa shape index (κ3) is 2.50. The SMILES string of the molecule is Cc1ccc(S(=O)(=O)C2(Cc3ccccc3)Cc3ccccc32)cc1. The van der Waals surface area contributed by atoms with E-state index in [0.717, 1.165) is 22.3 Å². The summed E-state index contributed by atoms with van der Waals surface area (Å²) in [5, 5.41) is 0. The Bertz CT molecular complexity index is 1010. The van der Waals surface area contributed by atoms with Gasteiger partial charge < -0.3 is 0 Å². The third-order valence-corrected chi connectivity index (χ3v) is 7.59. The van der Waals surface area contributed by atoms with Crippen LogP contribution in [-0.4, -0.2) is 8.42 Å². The van der Waals surface area contributed by atoms with Gasteiger partial charge in [-0.2, -0.15) is 0 Å². The highest BCUT2D eigenvalue weighted by Gasteiger charge is 2.53. The first kappa shape index (κ1) is 16.1. The van der Waals surface area contributed by atoms with E-state index < -0.39 is 14.6 Å². The summed E-state index contributed by atoms with van der Waals surface area (Å²) in [7, 11) is -3.49. The summed E-state index contributed by atoms with van der Waals surface area (Å²) in [6.07, 6.45) is 1.06. The van der Waals surface area contributed by atoms with Crippen molar-refractivity contribution < 1.29 is 8.42 Å². The minimum Gasteiger partial charge on any atom is -0.223 e. The van der Waals surface area contributed by atoms with Crippen LogP contribution < -0.4 is 0 Å². The summed E-state index contributed by atoms with van der Waals surface area (Å²) in [5.41, 5.74) is 4.19. The Morgan fingerprint density at radius 1 is 0.840 bits per heavy atom. The van der Waals surface area contributed by atoms with Gasteiger partial charge in [-0.3, -0.25) is 0 Å². The number of sulfone groups is 1. The lowest BCUT2D eigenvalue weighted by atomic mass is 9.73. The fraction of sp³-hybridized carbons (Fsp3) is 0.182. The van der Waals surface area contributed by atoms with E-state index in [9.17, 15) is 8.42 Å². The largest absolute Gasteiger partial charge is 0.223 e. The maximum absolute atomic E-state index is 13.6. The lowest BCUT2D eigenvalue weighted by Gasteiger charge is -2.43. The molecule has 0 fully saturated rings. The van der Waals surface area contributed by atoms with Gasteiger partial charge in [-0.15, -0.1) is 0 Å². The standard InChI is InChI=1S/C22H20O2S/c1-17-11-13-20(14-12-17)25(23,24)22(15-18-7-3-2-4-8-18)16-19-9-5-6-10-21(19)22/h2-14H,15-16H2,1H3. The Balaban J connectivity index is 1.86. The lowest BCUT2D eigenvalue weighted by Crippen LogP contribution is -2.47. The topological polar surface area (TPSA) is 34.1 Å². The first-order chi connectivity index (χ1) is 12.0. The molecular weight excluding hydrogens is 328 g/mol. The second-order valence-corrected chi connectivity index (χ2v) is 9.07. The van der Waals surface area contributed by atoms with Gasteiger partial charge >= 0.3 is 0 Å². The molecule has 126 valence electrons. The predicted molar refractivity (Wildman–Crippen MR) is 100 cm³/mol. The van der Waals surface area contributed by atoms with Gasteiger partial charge in [0.25, 0.3) is 0 Å². The molecule has 4 rings (SSSR count). The minimum atomic E-state index is -3.49. The van der Waals surface area contributed by atoms with Gasteiger partial charge in [0, 0.05) is 0 Å². The number of hydrogen-bond donors (Lipinski definition) is 0. The van der Waals surface area contributed by atoms with Gasteiger partial charge in [0.05, 0.1) is 4.90 Å². The molecule has 0 heterocycles. The van der Waals surface area contributed by atoms with Gasteiger partial charge in [-0.05, 0) is 48.6 Å².